The van der Waals surface area contributed by atoms with E-state index < -0.39 is 6.10 Å². The zero-order valence-corrected chi connectivity index (χ0v) is 17.2. The first-order chi connectivity index (χ1) is 10.4. The lowest BCUT2D eigenvalue weighted by Crippen LogP contribution is -2.40. The van der Waals surface area contributed by atoms with Crippen molar-refractivity contribution in [3.05, 3.63) is 34.9 Å². The Bertz CT molecular complexity index is 481. The van der Waals surface area contributed by atoms with Crippen LogP contribution in [0.4, 0.5) is 0 Å². The Morgan fingerprint density at radius 3 is 2.43 bits per heavy atom. The van der Waals surface area contributed by atoms with Crippen LogP contribution < -0.4 is 10.6 Å². The fourth-order valence-electron chi connectivity index (χ4n) is 1.67. The van der Waals surface area contributed by atoms with Gasteiger partial charge in [0.15, 0.2) is 5.96 Å². The molecule has 1 rings (SSSR count). The molecule has 3 N–H and O–H groups in total. The Labute approximate surface area is 160 Å². The van der Waals surface area contributed by atoms with E-state index in [0.717, 1.165) is 12.1 Å². The molecule has 0 saturated carbocycles. The minimum Gasteiger partial charge on any atom is -0.387 e. The van der Waals surface area contributed by atoms with E-state index in [-0.39, 0.29) is 29.6 Å². The molecule has 0 aliphatic heterocycles. The highest BCUT2D eigenvalue weighted by atomic mass is 127. The van der Waals surface area contributed by atoms with Crippen LogP contribution in [0.3, 0.4) is 0 Å². The first-order valence-electron chi connectivity index (χ1n) is 7.39. The topological polar surface area (TPSA) is 65.9 Å². The van der Waals surface area contributed by atoms with Crippen LogP contribution in [-0.4, -0.2) is 43.4 Å². The molecular weight excluding hydrogens is 429 g/mol. The summed E-state index contributed by atoms with van der Waals surface area (Å²) >= 11 is 5.84. The molecular formula is C16H27ClIN3O2. The number of aliphatic imine (C=N–C) groups is 1. The molecule has 0 aromatic heterocycles. The summed E-state index contributed by atoms with van der Waals surface area (Å²) < 4.78 is 5.35. The van der Waals surface area contributed by atoms with Gasteiger partial charge in [0.1, 0.15) is 0 Å². The maximum absolute atomic E-state index is 10.2. The molecule has 132 valence electrons. The summed E-state index contributed by atoms with van der Waals surface area (Å²) in [5.74, 6) is 0.653. The number of hydrogen-bond donors (Lipinski definition) is 3. The van der Waals surface area contributed by atoms with Crippen LogP contribution >= 0.6 is 35.6 Å². The fourth-order valence-corrected chi connectivity index (χ4v) is 1.80. The van der Waals surface area contributed by atoms with Crippen molar-refractivity contribution in [3.8, 4) is 0 Å². The summed E-state index contributed by atoms with van der Waals surface area (Å²) in [6, 6.07) is 7.15. The molecule has 1 atom stereocenters. The summed E-state index contributed by atoms with van der Waals surface area (Å²) in [6.07, 6.45) is -0.628. The molecule has 0 aliphatic carbocycles. The molecule has 23 heavy (non-hydrogen) atoms. The van der Waals surface area contributed by atoms with E-state index in [2.05, 4.69) is 15.6 Å². The third-order valence-corrected chi connectivity index (χ3v) is 3.48. The lowest BCUT2D eigenvalue weighted by Gasteiger charge is -2.21. The average molecular weight is 456 g/mol. The molecule has 5 nitrogen and oxygen atoms in total. The van der Waals surface area contributed by atoms with Gasteiger partial charge in [0.05, 0.1) is 18.2 Å². The number of rotatable bonds is 7. The van der Waals surface area contributed by atoms with Crippen LogP contribution in [0.2, 0.25) is 5.02 Å². The molecule has 0 radical (unpaired) electrons. The summed E-state index contributed by atoms with van der Waals surface area (Å²) in [6.45, 7) is 7.58. The average Bonchev–Trinajstić information content (AvgIpc) is 2.50. The molecule has 0 aliphatic rings. The number of halogens is 2. The molecule has 0 fully saturated rings. The van der Waals surface area contributed by atoms with Crippen LogP contribution in [0.25, 0.3) is 0 Å². The second-order valence-electron chi connectivity index (χ2n) is 5.61. The van der Waals surface area contributed by atoms with E-state index >= 15 is 0 Å². The number of aliphatic hydroxyl groups is 1. The predicted molar refractivity (Wildman–Crippen MR) is 107 cm³/mol. The van der Waals surface area contributed by atoms with Gasteiger partial charge in [-0.3, -0.25) is 4.99 Å². The first-order valence-corrected chi connectivity index (χ1v) is 7.76. The van der Waals surface area contributed by atoms with E-state index in [0.29, 0.717) is 24.1 Å². The van der Waals surface area contributed by atoms with Crippen molar-refractivity contribution in [1.82, 2.24) is 10.6 Å². The van der Waals surface area contributed by atoms with Crippen LogP contribution in [-0.2, 0) is 4.74 Å². The van der Waals surface area contributed by atoms with Crippen molar-refractivity contribution in [2.45, 2.75) is 32.5 Å². The van der Waals surface area contributed by atoms with Crippen molar-refractivity contribution >= 4 is 41.5 Å². The van der Waals surface area contributed by atoms with E-state index in [1.165, 1.54) is 0 Å². The maximum Gasteiger partial charge on any atom is 0.191 e. The number of nitrogens with zero attached hydrogens (tertiary/aromatic N) is 1. The van der Waals surface area contributed by atoms with E-state index in [1.54, 1.807) is 19.2 Å². The number of benzene rings is 1. The SMILES string of the molecule is CCNC(=NCC(C)(C)OC)NCC(O)c1ccc(Cl)cc1.I. The zero-order chi connectivity index (χ0) is 16.6. The highest BCUT2D eigenvalue weighted by Gasteiger charge is 2.16. The van der Waals surface area contributed by atoms with Crippen LogP contribution in [0.1, 0.15) is 32.4 Å². The molecule has 1 aromatic carbocycles. The van der Waals surface area contributed by atoms with E-state index in [1.807, 2.05) is 32.9 Å². The van der Waals surface area contributed by atoms with Gasteiger partial charge in [-0.05, 0) is 38.5 Å². The van der Waals surface area contributed by atoms with E-state index in [9.17, 15) is 5.11 Å². The second-order valence-corrected chi connectivity index (χ2v) is 6.04. The van der Waals surface area contributed by atoms with Gasteiger partial charge in [0.25, 0.3) is 0 Å². The minimum atomic E-state index is -0.628. The Hall–Kier alpha value is -0.570. The third kappa shape index (κ3) is 8.74. The molecule has 0 amide bonds. The van der Waals surface area contributed by atoms with E-state index in [4.69, 9.17) is 16.3 Å². The van der Waals surface area contributed by atoms with Gasteiger partial charge in [-0.1, -0.05) is 23.7 Å². The number of nitrogens with one attached hydrogen (secondary N) is 2. The largest absolute Gasteiger partial charge is 0.387 e. The molecule has 0 heterocycles. The smallest absolute Gasteiger partial charge is 0.191 e. The Morgan fingerprint density at radius 2 is 1.91 bits per heavy atom. The van der Waals surface area contributed by atoms with Gasteiger partial charge in [-0.25, -0.2) is 0 Å². The number of methoxy groups -OCH3 is 1. The maximum atomic E-state index is 10.2. The van der Waals surface area contributed by atoms with Crippen LogP contribution in [0, 0.1) is 0 Å². The monoisotopic (exact) mass is 455 g/mol. The van der Waals surface area contributed by atoms with Crippen molar-refractivity contribution in [3.63, 3.8) is 0 Å². The van der Waals surface area contributed by atoms with Gasteiger partial charge < -0.3 is 20.5 Å². The predicted octanol–water partition coefficient (Wildman–Crippen LogP) is 2.97. The highest BCUT2D eigenvalue weighted by molar-refractivity contribution is 14.0. The number of aliphatic hydroxyl groups excluding tert-OH is 1. The lowest BCUT2D eigenvalue weighted by molar-refractivity contribution is 0.0310. The summed E-state index contributed by atoms with van der Waals surface area (Å²) in [5, 5.41) is 17.1. The standard InChI is InChI=1S/C16H26ClN3O2.HI/c1-5-18-15(20-11-16(2,3)22-4)19-10-14(21)12-6-8-13(17)9-7-12;/h6-9,14,21H,5,10-11H2,1-4H3,(H2,18,19,20);1H. The zero-order valence-electron chi connectivity index (χ0n) is 14.1. The molecule has 1 aromatic rings. The van der Waals surface area contributed by atoms with Crippen LogP contribution in [0.15, 0.2) is 29.3 Å². The molecule has 7 heteroatoms. The van der Waals surface area contributed by atoms with Gasteiger partial charge in [0, 0.05) is 25.2 Å². The lowest BCUT2D eigenvalue weighted by atomic mass is 10.1. The van der Waals surface area contributed by atoms with Crippen molar-refractivity contribution in [2.75, 3.05) is 26.7 Å². The van der Waals surface area contributed by atoms with Gasteiger partial charge in [-0.2, -0.15) is 0 Å². The highest BCUT2D eigenvalue weighted by Crippen LogP contribution is 2.15. The summed E-state index contributed by atoms with van der Waals surface area (Å²) in [5.41, 5.74) is 0.488. The Kier molecular flexibility index (Phi) is 10.8. The normalized spacial score (nSPS) is 13.2. The second kappa shape index (κ2) is 11.1. The van der Waals surface area contributed by atoms with Crippen molar-refractivity contribution in [1.29, 1.82) is 0 Å². The van der Waals surface area contributed by atoms with Gasteiger partial charge >= 0.3 is 0 Å². The Morgan fingerprint density at radius 1 is 1.30 bits per heavy atom. The van der Waals surface area contributed by atoms with Crippen molar-refractivity contribution < 1.29 is 9.84 Å². The van der Waals surface area contributed by atoms with Crippen molar-refractivity contribution in [2.24, 2.45) is 4.99 Å². The molecule has 0 spiro atoms. The summed E-state index contributed by atoms with van der Waals surface area (Å²) in [4.78, 5) is 4.47. The molecule has 1 unspecified atom stereocenters. The Balaban J connectivity index is 0.00000484. The number of ether oxygens (including phenoxy) is 1. The molecule has 0 bridgehead atoms. The van der Waals surface area contributed by atoms with Gasteiger partial charge in [0.2, 0.25) is 0 Å². The minimum absolute atomic E-state index is 0. The van der Waals surface area contributed by atoms with Gasteiger partial charge in [-0.15, -0.1) is 24.0 Å². The first kappa shape index (κ1) is 22.4. The number of hydrogen-bond acceptors (Lipinski definition) is 3. The number of guanidine groups is 1. The quantitative estimate of drug-likeness (QED) is 0.336. The van der Waals surface area contributed by atoms with Crippen LogP contribution in [0.5, 0.6) is 0 Å². The fraction of sp³-hybridized carbons (Fsp3) is 0.562. The summed E-state index contributed by atoms with van der Waals surface area (Å²) in [7, 11) is 1.67. The molecule has 0 saturated heterocycles. The third-order valence-electron chi connectivity index (χ3n) is 3.23.